The average molecular weight is 789 g/mol. The molecule has 0 aromatic heterocycles. The minimum Gasteiger partial charge on any atom is -0.462 e. The van der Waals surface area contributed by atoms with Gasteiger partial charge in [-0.1, -0.05) is 218 Å². The largest absolute Gasteiger partial charge is 0.462 e. The van der Waals surface area contributed by atoms with Gasteiger partial charge in [0.2, 0.25) is 0 Å². The van der Waals surface area contributed by atoms with E-state index in [0.29, 0.717) is 19.4 Å². The molecular formula is C51H96O5. The second kappa shape index (κ2) is 47.8. The van der Waals surface area contributed by atoms with Crippen molar-refractivity contribution in [1.29, 1.82) is 0 Å². The minimum atomic E-state index is -0.535. The molecule has 0 aliphatic heterocycles. The Labute approximate surface area is 349 Å². The second-order valence-corrected chi connectivity index (χ2v) is 16.7. The van der Waals surface area contributed by atoms with Crippen molar-refractivity contribution in [3.63, 3.8) is 0 Å². The average Bonchev–Trinajstić information content (AvgIpc) is 3.20. The molecule has 0 amide bonds. The maximum Gasteiger partial charge on any atom is 0.306 e. The van der Waals surface area contributed by atoms with Crippen molar-refractivity contribution in [3.05, 3.63) is 24.3 Å². The number of rotatable bonds is 46. The maximum absolute atomic E-state index is 12.7. The van der Waals surface area contributed by atoms with Crippen LogP contribution in [-0.2, 0) is 23.8 Å². The first kappa shape index (κ1) is 54.4. The van der Waals surface area contributed by atoms with E-state index in [9.17, 15) is 9.59 Å². The van der Waals surface area contributed by atoms with Crippen molar-refractivity contribution in [2.24, 2.45) is 0 Å². The number of hydrogen-bond acceptors (Lipinski definition) is 5. The van der Waals surface area contributed by atoms with Gasteiger partial charge in [0, 0.05) is 19.4 Å². The van der Waals surface area contributed by atoms with Gasteiger partial charge in [0.25, 0.3) is 0 Å². The zero-order valence-corrected chi connectivity index (χ0v) is 37.9. The Hall–Kier alpha value is -1.62. The van der Waals surface area contributed by atoms with Gasteiger partial charge in [0.1, 0.15) is 6.61 Å². The molecular weight excluding hydrogens is 693 g/mol. The van der Waals surface area contributed by atoms with Gasteiger partial charge in [-0.25, -0.2) is 0 Å². The van der Waals surface area contributed by atoms with Crippen LogP contribution in [0.4, 0.5) is 0 Å². The van der Waals surface area contributed by atoms with E-state index in [1.165, 1.54) is 173 Å². The zero-order chi connectivity index (χ0) is 40.7. The first-order valence-corrected chi connectivity index (χ1v) is 24.9. The molecule has 1 unspecified atom stereocenters. The predicted octanol–water partition coefficient (Wildman–Crippen LogP) is 16.5. The lowest BCUT2D eigenvalue weighted by Gasteiger charge is -2.18. The van der Waals surface area contributed by atoms with Gasteiger partial charge < -0.3 is 14.2 Å². The lowest BCUT2D eigenvalue weighted by molar-refractivity contribution is -0.163. The van der Waals surface area contributed by atoms with Crippen molar-refractivity contribution < 1.29 is 23.8 Å². The summed E-state index contributed by atoms with van der Waals surface area (Å²) in [6, 6.07) is 0. The molecule has 0 bridgehead atoms. The molecule has 5 nitrogen and oxygen atoms in total. The molecule has 0 saturated carbocycles. The van der Waals surface area contributed by atoms with Crippen molar-refractivity contribution in [3.8, 4) is 0 Å². The van der Waals surface area contributed by atoms with E-state index in [-0.39, 0.29) is 25.2 Å². The standard InChI is InChI=1S/C51H96O5/c1-4-7-10-13-16-19-22-23-24-25-26-27-28-31-34-37-40-43-46-54-47-49(56-51(53)45-42-39-36-33-30-21-18-15-12-9-6-3)48-55-50(52)44-41-38-35-32-29-20-17-14-11-8-5-2/h14-15,17-18,49H,4-13,16,19-48H2,1-3H3/b17-14-,18-15-. The van der Waals surface area contributed by atoms with Crippen LogP contribution in [0, 0.1) is 0 Å². The van der Waals surface area contributed by atoms with Crippen molar-refractivity contribution in [1.82, 2.24) is 0 Å². The number of ether oxygens (including phenoxy) is 3. The third-order valence-corrected chi connectivity index (χ3v) is 11.0. The van der Waals surface area contributed by atoms with E-state index < -0.39 is 6.10 Å². The summed E-state index contributed by atoms with van der Waals surface area (Å²) < 4.78 is 17.3. The molecule has 0 aromatic rings. The molecule has 0 aliphatic carbocycles. The van der Waals surface area contributed by atoms with Gasteiger partial charge >= 0.3 is 11.9 Å². The molecule has 0 spiro atoms. The fraction of sp³-hybridized carbons (Fsp3) is 0.882. The first-order valence-electron chi connectivity index (χ1n) is 24.9. The molecule has 0 saturated heterocycles. The van der Waals surface area contributed by atoms with Crippen LogP contribution in [0.3, 0.4) is 0 Å². The van der Waals surface area contributed by atoms with E-state index in [1.807, 2.05) is 0 Å². The van der Waals surface area contributed by atoms with E-state index in [4.69, 9.17) is 14.2 Å². The van der Waals surface area contributed by atoms with E-state index in [1.54, 1.807) is 0 Å². The summed E-state index contributed by atoms with van der Waals surface area (Å²) in [5, 5.41) is 0. The fourth-order valence-electron chi connectivity index (χ4n) is 7.18. The molecule has 0 heterocycles. The third-order valence-electron chi connectivity index (χ3n) is 11.0. The molecule has 5 heteroatoms. The van der Waals surface area contributed by atoms with E-state index in [2.05, 4.69) is 45.1 Å². The minimum absolute atomic E-state index is 0.0832. The monoisotopic (exact) mass is 789 g/mol. The van der Waals surface area contributed by atoms with Gasteiger partial charge in [-0.2, -0.15) is 0 Å². The van der Waals surface area contributed by atoms with Crippen LogP contribution in [0.1, 0.15) is 265 Å². The normalized spacial score (nSPS) is 12.3. The number of allylic oxidation sites excluding steroid dienone is 4. The van der Waals surface area contributed by atoms with Gasteiger partial charge in [-0.3, -0.25) is 9.59 Å². The van der Waals surface area contributed by atoms with Crippen molar-refractivity contribution in [2.75, 3.05) is 19.8 Å². The molecule has 56 heavy (non-hydrogen) atoms. The fourth-order valence-corrected chi connectivity index (χ4v) is 7.18. The summed E-state index contributed by atoms with van der Waals surface area (Å²) in [6.45, 7) is 7.78. The molecule has 0 aromatic carbocycles. The van der Waals surface area contributed by atoms with Gasteiger partial charge in [0.05, 0.1) is 6.61 Å². The Bertz CT molecular complexity index is 851. The number of hydrogen-bond donors (Lipinski definition) is 0. The highest BCUT2D eigenvalue weighted by Gasteiger charge is 2.17. The number of esters is 2. The summed E-state index contributed by atoms with van der Waals surface area (Å²) in [5.74, 6) is -0.407. The van der Waals surface area contributed by atoms with E-state index >= 15 is 0 Å². The molecule has 330 valence electrons. The molecule has 0 aliphatic rings. The SMILES string of the molecule is CCCC/C=C\CCCCCCCC(=O)OCC(COCCCCCCCCCCCCCCCCCCCC)OC(=O)CCCCCCC/C=C\CCCC. The zero-order valence-electron chi connectivity index (χ0n) is 37.9. The summed E-state index contributed by atoms with van der Waals surface area (Å²) in [5.41, 5.74) is 0. The van der Waals surface area contributed by atoms with Crippen LogP contribution in [0.2, 0.25) is 0 Å². The highest BCUT2D eigenvalue weighted by atomic mass is 16.6. The van der Waals surface area contributed by atoms with Crippen molar-refractivity contribution in [2.45, 2.75) is 271 Å². The van der Waals surface area contributed by atoms with Crippen LogP contribution in [0.25, 0.3) is 0 Å². The van der Waals surface area contributed by atoms with Gasteiger partial charge in [0.15, 0.2) is 6.10 Å². The first-order chi connectivity index (χ1) is 27.6. The maximum atomic E-state index is 12.7. The van der Waals surface area contributed by atoms with Gasteiger partial charge in [-0.05, 0) is 57.8 Å². The molecule has 0 radical (unpaired) electrons. The predicted molar refractivity (Wildman–Crippen MR) is 242 cm³/mol. The summed E-state index contributed by atoms with van der Waals surface area (Å²) in [6.07, 6.45) is 54.7. The van der Waals surface area contributed by atoms with Crippen LogP contribution in [-0.4, -0.2) is 37.9 Å². The van der Waals surface area contributed by atoms with Crippen molar-refractivity contribution >= 4 is 11.9 Å². The lowest BCUT2D eigenvalue weighted by Crippen LogP contribution is -2.30. The summed E-state index contributed by atoms with van der Waals surface area (Å²) in [4.78, 5) is 25.2. The third kappa shape index (κ3) is 45.1. The Morgan fingerprint density at radius 2 is 0.714 bits per heavy atom. The molecule has 1 atom stereocenters. The smallest absolute Gasteiger partial charge is 0.306 e. The van der Waals surface area contributed by atoms with E-state index in [0.717, 1.165) is 57.8 Å². The van der Waals surface area contributed by atoms with Crippen LogP contribution >= 0.6 is 0 Å². The van der Waals surface area contributed by atoms with Crippen LogP contribution < -0.4 is 0 Å². The Morgan fingerprint density at radius 1 is 0.375 bits per heavy atom. The Morgan fingerprint density at radius 3 is 1.14 bits per heavy atom. The summed E-state index contributed by atoms with van der Waals surface area (Å²) in [7, 11) is 0. The number of carbonyl (C=O) groups excluding carboxylic acids is 2. The lowest BCUT2D eigenvalue weighted by atomic mass is 10.0. The molecule has 0 fully saturated rings. The second-order valence-electron chi connectivity index (χ2n) is 16.7. The molecule has 0 N–H and O–H groups in total. The summed E-state index contributed by atoms with van der Waals surface area (Å²) >= 11 is 0. The van der Waals surface area contributed by atoms with Crippen LogP contribution in [0.5, 0.6) is 0 Å². The quantitative estimate of drug-likeness (QED) is 0.0349. The Kier molecular flexibility index (Phi) is 46.4. The molecule has 0 rings (SSSR count). The highest BCUT2D eigenvalue weighted by molar-refractivity contribution is 5.70. The van der Waals surface area contributed by atoms with Gasteiger partial charge in [-0.15, -0.1) is 0 Å². The van der Waals surface area contributed by atoms with Crippen LogP contribution in [0.15, 0.2) is 24.3 Å². The Balaban J connectivity index is 4.17. The topological polar surface area (TPSA) is 61.8 Å². The number of carbonyl (C=O) groups is 2. The highest BCUT2D eigenvalue weighted by Crippen LogP contribution is 2.15. The number of unbranched alkanes of at least 4 members (excludes halogenated alkanes) is 31.